The molecule has 0 radical (unpaired) electrons. The molecule has 0 saturated heterocycles. The highest BCUT2D eigenvalue weighted by molar-refractivity contribution is 5.60. The van der Waals surface area contributed by atoms with Crippen molar-refractivity contribution in [3.8, 4) is 0 Å². The minimum atomic E-state index is -2.16. The van der Waals surface area contributed by atoms with Crippen molar-refractivity contribution < 1.29 is 25.2 Å². The third kappa shape index (κ3) is 3.74. The van der Waals surface area contributed by atoms with Gasteiger partial charge in [0.1, 0.15) is 6.10 Å². The summed E-state index contributed by atoms with van der Waals surface area (Å²) in [6.45, 7) is -0.657. The molecule has 12 heavy (non-hydrogen) atoms. The third-order valence-corrected chi connectivity index (χ3v) is 1.37. The highest BCUT2D eigenvalue weighted by Gasteiger charge is 2.27. The normalized spacial score (nSPS) is 21.1. The number of rotatable bonds is 5. The Morgan fingerprint density at radius 2 is 1.92 bits per heavy atom. The van der Waals surface area contributed by atoms with Crippen molar-refractivity contribution in [2.75, 3.05) is 6.61 Å². The summed E-state index contributed by atoms with van der Waals surface area (Å²) < 4.78 is 0. The summed E-state index contributed by atoms with van der Waals surface area (Å²) >= 11 is 0. The van der Waals surface area contributed by atoms with Crippen LogP contribution in [-0.2, 0) is 4.79 Å². The van der Waals surface area contributed by atoms with E-state index in [0.717, 1.165) is 0 Å². The van der Waals surface area contributed by atoms with Crippen LogP contribution in [0.25, 0.3) is 0 Å². The molecular weight excluding hydrogens is 166 g/mol. The van der Waals surface area contributed by atoms with Crippen molar-refractivity contribution in [1.29, 1.82) is 0 Å². The van der Waals surface area contributed by atoms with Crippen molar-refractivity contribution >= 4 is 6.29 Å². The summed E-state index contributed by atoms with van der Waals surface area (Å²) in [5.74, 6) is 0. The van der Waals surface area contributed by atoms with Gasteiger partial charge < -0.3 is 20.4 Å². The highest BCUT2D eigenvalue weighted by Crippen LogP contribution is 2.06. The molecule has 0 saturated carbocycles. The van der Waals surface area contributed by atoms with Gasteiger partial charge in [0, 0.05) is 6.42 Å². The molecule has 6 N–H and O–H groups in total. The van der Waals surface area contributed by atoms with Gasteiger partial charge in [0.2, 0.25) is 0 Å². The molecule has 0 spiro atoms. The molecule has 0 rings (SSSR count). The Kier molecular flexibility index (Phi) is 4.29. The van der Waals surface area contributed by atoms with Crippen LogP contribution in [0.5, 0.6) is 0 Å². The van der Waals surface area contributed by atoms with Gasteiger partial charge in [-0.2, -0.15) is 0 Å². The largest absolute Gasteiger partial charge is 0.394 e. The van der Waals surface area contributed by atoms with E-state index in [1.807, 2.05) is 0 Å². The molecule has 0 aliphatic heterocycles. The van der Waals surface area contributed by atoms with E-state index in [1.165, 1.54) is 0 Å². The second-order valence-electron chi connectivity index (χ2n) is 2.63. The Morgan fingerprint density at radius 3 is 2.25 bits per heavy atom. The van der Waals surface area contributed by atoms with Gasteiger partial charge >= 0.3 is 0 Å². The number of carbonyl (C=O) groups is 1. The van der Waals surface area contributed by atoms with E-state index >= 15 is 0 Å². The second-order valence-corrected chi connectivity index (χ2v) is 2.63. The summed E-state index contributed by atoms with van der Waals surface area (Å²) in [6, 6.07) is 0. The van der Waals surface area contributed by atoms with Crippen LogP contribution in [0.1, 0.15) is 6.42 Å². The van der Waals surface area contributed by atoms with Crippen LogP contribution in [0.2, 0.25) is 0 Å². The first-order valence-electron chi connectivity index (χ1n) is 3.37. The van der Waals surface area contributed by atoms with Gasteiger partial charge in [0.15, 0.2) is 12.0 Å². The second kappa shape index (κ2) is 4.48. The molecule has 0 aromatic heterocycles. The molecule has 0 bridgehead atoms. The summed E-state index contributed by atoms with van der Waals surface area (Å²) in [5, 5.41) is 35.0. The number of aliphatic hydroxyl groups excluding tert-OH is 3. The maximum absolute atomic E-state index is 10.0. The fourth-order valence-corrected chi connectivity index (χ4v) is 0.641. The quantitative estimate of drug-likeness (QED) is 0.225. The Morgan fingerprint density at radius 1 is 1.42 bits per heavy atom. The van der Waals surface area contributed by atoms with Gasteiger partial charge in [0.05, 0.1) is 12.7 Å². The molecule has 72 valence electrons. The van der Waals surface area contributed by atoms with Crippen LogP contribution in [-0.4, -0.2) is 51.3 Å². The van der Waals surface area contributed by atoms with Crippen LogP contribution >= 0.6 is 0 Å². The highest BCUT2D eigenvalue weighted by atomic mass is 16.4. The van der Waals surface area contributed by atoms with E-state index in [-0.39, 0.29) is 6.29 Å². The lowest BCUT2D eigenvalue weighted by molar-refractivity contribution is -0.129. The molecule has 0 amide bonds. The number of carbonyl (C=O) groups excluding carboxylic acids is 1. The number of hydrogen-bond acceptors (Lipinski definition) is 6. The first kappa shape index (κ1) is 11.5. The van der Waals surface area contributed by atoms with Crippen LogP contribution in [0.15, 0.2) is 0 Å². The average molecular weight is 179 g/mol. The zero-order valence-electron chi connectivity index (χ0n) is 6.42. The molecule has 3 atom stereocenters. The predicted octanol–water partition coefficient (Wildman–Crippen LogP) is -3.06. The summed E-state index contributed by atoms with van der Waals surface area (Å²) in [4.78, 5) is 10.0. The van der Waals surface area contributed by atoms with Crippen molar-refractivity contribution in [3.63, 3.8) is 0 Å². The smallest absolute Gasteiger partial charge is 0.172 e. The van der Waals surface area contributed by atoms with Crippen LogP contribution in [0, 0.1) is 0 Å². The third-order valence-electron chi connectivity index (χ3n) is 1.37. The maximum Gasteiger partial charge on any atom is 0.172 e. The Hall–Kier alpha value is -0.530. The molecule has 0 heterocycles. The molecule has 0 aromatic rings. The predicted molar refractivity (Wildman–Crippen MR) is 38.9 cm³/mol. The van der Waals surface area contributed by atoms with E-state index in [0.29, 0.717) is 0 Å². The van der Waals surface area contributed by atoms with Crippen LogP contribution in [0.4, 0.5) is 0 Å². The van der Waals surface area contributed by atoms with Gasteiger partial charge in [-0.3, -0.25) is 10.5 Å². The molecule has 6 nitrogen and oxygen atoms in total. The van der Waals surface area contributed by atoms with Gasteiger partial charge in [-0.05, 0) is 0 Å². The molecular formula is C6H13NO5. The van der Waals surface area contributed by atoms with E-state index in [2.05, 4.69) is 0 Å². The number of hydrogen-bond donors (Lipinski definition) is 5. The van der Waals surface area contributed by atoms with Crippen molar-refractivity contribution in [1.82, 2.24) is 0 Å². The zero-order valence-corrected chi connectivity index (χ0v) is 6.42. The zero-order chi connectivity index (χ0) is 9.78. The molecule has 0 aliphatic rings. The molecule has 0 unspecified atom stereocenters. The fraction of sp³-hybridized carbons (Fsp3) is 0.833. The molecule has 0 aliphatic carbocycles. The first-order valence-corrected chi connectivity index (χ1v) is 3.37. The van der Waals surface area contributed by atoms with Gasteiger partial charge in [0.25, 0.3) is 0 Å². The molecule has 0 aromatic carbocycles. The minimum absolute atomic E-state index is 0.0559. The van der Waals surface area contributed by atoms with Crippen molar-refractivity contribution in [2.45, 2.75) is 24.4 Å². The van der Waals surface area contributed by atoms with Crippen molar-refractivity contribution in [3.05, 3.63) is 0 Å². The topological polar surface area (TPSA) is 124 Å². The standard InChI is InChI=1S/C6H13NO5/c7-6(12,3-9)1-4(10)5(11)2-8/h3-5,8,10-12H,1-2,7H2/t4-,5+,6+/m0/s1. The van der Waals surface area contributed by atoms with Gasteiger partial charge in [-0.1, -0.05) is 0 Å². The Balaban J connectivity index is 3.98. The summed E-state index contributed by atoms with van der Waals surface area (Å²) in [6.07, 6.45) is -3.28. The SMILES string of the molecule is N[C@](O)(C=O)C[C@H](O)[C@H](O)CO. The van der Waals surface area contributed by atoms with Gasteiger partial charge in [-0.25, -0.2) is 0 Å². The Labute approximate surface area is 69.2 Å². The van der Waals surface area contributed by atoms with E-state index in [9.17, 15) is 4.79 Å². The monoisotopic (exact) mass is 179 g/mol. The average Bonchev–Trinajstić information content (AvgIpc) is 2.02. The van der Waals surface area contributed by atoms with Crippen LogP contribution < -0.4 is 5.73 Å². The lowest BCUT2D eigenvalue weighted by Crippen LogP contribution is -2.47. The molecule has 6 heteroatoms. The first-order chi connectivity index (χ1) is 5.43. The van der Waals surface area contributed by atoms with Crippen LogP contribution in [0.3, 0.4) is 0 Å². The number of aldehydes is 1. The lowest BCUT2D eigenvalue weighted by Gasteiger charge is -2.22. The lowest BCUT2D eigenvalue weighted by atomic mass is 10.0. The van der Waals surface area contributed by atoms with Crippen molar-refractivity contribution in [2.24, 2.45) is 5.73 Å². The van der Waals surface area contributed by atoms with Gasteiger partial charge in [-0.15, -0.1) is 0 Å². The Bertz CT molecular complexity index is 149. The molecule has 0 fully saturated rings. The van der Waals surface area contributed by atoms with E-state index in [1.54, 1.807) is 0 Å². The minimum Gasteiger partial charge on any atom is -0.394 e. The fourth-order valence-electron chi connectivity index (χ4n) is 0.641. The van der Waals surface area contributed by atoms with E-state index < -0.39 is 31.0 Å². The number of aliphatic hydroxyl groups is 4. The maximum atomic E-state index is 10.0. The van der Waals surface area contributed by atoms with E-state index in [4.69, 9.17) is 26.2 Å². The summed E-state index contributed by atoms with van der Waals surface area (Å²) in [5.41, 5.74) is 2.79. The summed E-state index contributed by atoms with van der Waals surface area (Å²) in [7, 11) is 0. The number of nitrogens with two attached hydrogens (primary N) is 1.